The van der Waals surface area contributed by atoms with Crippen LogP contribution >= 0.6 is 15.9 Å². The van der Waals surface area contributed by atoms with Crippen molar-refractivity contribution >= 4 is 21.7 Å². The third kappa shape index (κ3) is 3.62. The lowest BCUT2D eigenvalue weighted by Crippen LogP contribution is -2.26. The molecule has 9 heteroatoms. The van der Waals surface area contributed by atoms with E-state index in [0.29, 0.717) is 6.07 Å². The van der Waals surface area contributed by atoms with Crippen molar-refractivity contribution in [2.75, 3.05) is 0 Å². The van der Waals surface area contributed by atoms with Crippen LogP contribution < -0.4 is 4.74 Å². The molecule has 0 bridgehead atoms. The lowest BCUT2D eigenvalue weighted by Gasteiger charge is -2.14. The number of hydrogen-bond donors (Lipinski definition) is 0. The zero-order chi connectivity index (χ0) is 14.1. The molecule has 0 unspecified atom stereocenters. The van der Waals surface area contributed by atoms with Crippen molar-refractivity contribution in [1.82, 2.24) is 0 Å². The van der Waals surface area contributed by atoms with E-state index >= 15 is 0 Å². The molecule has 0 spiro atoms. The smallest absolute Gasteiger partial charge is 0.405 e. The van der Waals surface area contributed by atoms with Crippen LogP contribution in [0.2, 0.25) is 0 Å². The third-order valence-corrected chi connectivity index (χ3v) is 2.35. The molecule has 1 aromatic rings. The zero-order valence-corrected chi connectivity index (χ0v) is 9.78. The Morgan fingerprint density at radius 3 is 2.11 bits per heavy atom. The summed E-state index contributed by atoms with van der Waals surface area (Å²) in [5, 5.41) is 0. The number of Topliss-reactive ketones (excluding diaryl/α,β-unsaturated/α-hetero) is 1. The van der Waals surface area contributed by atoms with Crippen LogP contribution in [0.3, 0.4) is 0 Å². The Hall–Kier alpha value is -1.25. The molecule has 2 nitrogen and oxygen atoms in total. The van der Waals surface area contributed by atoms with Gasteiger partial charge >= 0.3 is 12.5 Å². The van der Waals surface area contributed by atoms with Crippen LogP contribution in [-0.2, 0) is 0 Å². The van der Waals surface area contributed by atoms with Gasteiger partial charge in [-0.3, -0.25) is 4.79 Å². The monoisotopic (exact) mass is 336 g/mol. The molecule has 1 rings (SSSR count). The van der Waals surface area contributed by atoms with Crippen molar-refractivity contribution in [3.05, 3.63) is 28.2 Å². The molecule has 1 aromatic carbocycles. The Morgan fingerprint density at radius 1 is 1.11 bits per heavy atom. The quantitative estimate of drug-likeness (QED) is 0.600. The maximum Gasteiger partial charge on any atom is 0.573 e. The van der Waals surface area contributed by atoms with Gasteiger partial charge in [0.25, 0.3) is 5.78 Å². The van der Waals surface area contributed by atoms with E-state index in [0.717, 1.165) is 12.1 Å². The number of alkyl halides is 6. The van der Waals surface area contributed by atoms with E-state index in [1.54, 1.807) is 0 Å². The number of carbonyl (C=O) groups is 1. The van der Waals surface area contributed by atoms with Crippen LogP contribution in [-0.4, -0.2) is 18.3 Å². The molecule has 100 valence electrons. The Bertz CT molecular complexity index is 465. The number of benzene rings is 1. The molecule has 0 saturated carbocycles. The summed E-state index contributed by atoms with van der Waals surface area (Å²) in [6.07, 6.45) is -10.5. The molecular formula is C9H3BrF6O2. The number of ether oxygens (including phenoxy) is 1. The van der Waals surface area contributed by atoms with Crippen LogP contribution in [0, 0.1) is 0 Å². The Kier molecular flexibility index (Phi) is 3.94. The van der Waals surface area contributed by atoms with E-state index in [4.69, 9.17) is 0 Å². The second kappa shape index (κ2) is 4.79. The lowest BCUT2D eigenvalue weighted by atomic mass is 10.1. The molecule has 0 N–H and O–H groups in total. The second-order valence-corrected chi connectivity index (χ2v) is 3.84. The highest BCUT2D eigenvalue weighted by Crippen LogP contribution is 2.35. The van der Waals surface area contributed by atoms with Crippen LogP contribution in [0.15, 0.2) is 22.7 Å². The summed E-state index contributed by atoms with van der Waals surface area (Å²) in [6.45, 7) is 0. The number of hydrogen-bond acceptors (Lipinski definition) is 2. The summed E-state index contributed by atoms with van der Waals surface area (Å²) in [7, 11) is 0. The van der Waals surface area contributed by atoms with Gasteiger partial charge in [0, 0.05) is 4.47 Å². The van der Waals surface area contributed by atoms with E-state index in [9.17, 15) is 31.1 Å². The van der Waals surface area contributed by atoms with Crippen LogP contribution in [0.25, 0.3) is 0 Å². The van der Waals surface area contributed by atoms with Crippen molar-refractivity contribution in [2.45, 2.75) is 12.5 Å². The summed E-state index contributed by atoms with van der Waals surface area (Å²) in [6, 6.07) is 2.64. The molecule has 0 amide bonds. The molecule has 0 radical (unpaired) electrons. The van der Waals surface area contributed by atoms with Crippen LogP contribution in [0.4, 0.5) is 26.3 Å². The van der Waals surface area contributed by atoms with E-state index in [2.05, 4.69) is 20.7 Å². The van der Waals surface area contributed by atoms with Crippen molar-refractivity contribution in [2.24, 2.45) is 0 Å². The first-order valence-electron chi connectivity index (χ1n) is 4.18. The predicted molar refractivity (Wildman–Crippen MR) is 51.2 cm³/mol. The maximum absolute atomic E-state index is 12.2. The Labute approximate surface area is 105 Å². The molecule has 18 heavy (non-hydrogen) atoms. The zero-order valence-electron chi connectivity index (χ0n) is 8.19. The molecule has 0 aliphatic rings. The molecule has 0 heterocycles. The first-order chi connectivity index (χ1) is 8.02. The van der Waals surface area contributed by atoms with Gasteiger partial charge in [-0.1, -0.05) is 6.07 Å². The standard InChI is InChI=1S/C9H3BrF6O2/c10-4-2-1-3-5(18-9(14,15)16)6(4)7(17)8(11,12)13/h1-3H. The highest BCUT2D eigenvalue weighted by molar-refractivity contribution is 9.10. The number of carbonyl (C=O) groups excluding carboxylic acids is 1. The first kappa shape index (κ1) is 14.8. The summed E-state index contributed by atoms with van der Waals surface area (Å²) in [5.41, 5.74) is -1.22. The lowest BCUT2D eigenvalue weighted by molar-refractivity contribution is -0.274. The fraction of sp³-hybridized carbons (Fsp3) is 0.222. The number of rotatable bonds is 2. The Morgan fingerprint density at radius 2 is 1.67 bits per heavy atom. The van der Waals surface area contributed by atoms with Gasteiger partial charge < -0.3 is 4.74 Å². The van der Waals surface area contributed by atoms with Gasteiger partial charge in [0.05, 0.1) is 5.56 Å². The fourth-order valence-corrected chi connectivity index (χ4v) is 1.60. The summed E-state index contributed by atoms with van der Waals surface area (Å²) < 4.78 is 75.6. The largest absolute Gasteiger partial charge is 0.573 e. The fourth-order valence-electron chi connectivity index (χ4n) is 1.08. The minimum absolute atomic E-state index is 0.438. The summed E-state index contributed by atoms with van der Waals surface area (Å²) >= 11 is 2.58. The molecule has 0 saturated heterocycles. The van der Waals surface area contributed by atoms with E-state index < -0.39 is 34.1 Å². The molecular weight excluding hydrogens is 334 g/mol. The molecule has 0 fully saturated rings. The van der Waals surface area contributed by atoms with E-state index in [-0.39, 0.29) is 0 Å². The first-order valence-corrected chi connectivity index (χ1v) is 4.97. The highest BCUT2D eigenvalue weighted by Gasteiger charge is 2.43. The summed E-state index contributed by atoms with van der Waals surface area (Å²) in [5.74, 6) is -3.63. The van der Waals surface area contributed by atoms with Gasteiger partial charge in [0.1, 0.15) is 5.75 Å². The normalized spacial score (nSPS) is 12.4. The molecule has 0 aliphatic heterocycles. The molecule has 0 atom stereocenters. The topological polar surface area (TPSA) is 26.3 Å². The van der Waals surface area contributed by atoms with Gasteiger partial charge in [-0.2, -0.15) is 13.2 Å². The summed E-state index contributed by atoms with van der Waals surface area (Å²) in [4.78, 5) is 11.0. The minimum atomic E-state index is -5.30. The van der Waals surface area contributed by atoms with Crippen LogP contribution in [0.1, 0.15) is 10.4 Å². The molecule has 0 aromatic heterocycles. The van der Waals surface area contributed by atoms with Crippen molar-refractivity contribution in [1.29, 1.82) is 0 Å². The van der Waals surface area contributed by atoms with Gasteiger partial charge in [-0.25, -0.2) is 0 Å². The predicted octanol–water partition coefficient (Wildman–Crippen LogP) is 4.09. The SMILES string of the molecule is O=C(c1c(Br)cccc1OC(F)(F)F)C(F)(F)F. The average molecular weight is 337 g/mol. The number of ketones is 1. The minimum Gasteiger partial charge on any atom is -0.405 e. The third-order valence-electron chi connectivity index (χ3n) is 1.69. The maximum atomic E-state index is 12.2. The van der Waals surface area contributed by atoms with Crippen LogP contribution in [0.5, 0.6) is 5.75 Å². The average Bonchev–Trinajstić information content (AvgIpc) is 2.13. The van der Waals surface area contributed by atoms with E-state index in [1.165, 1.54) is 0 Å². The van der Waals surface area contributed by atoms with Crippen molar-refractivity contribution < 1.29 is 35.9 Å². The van der Waals surface area contributed by atoms with Crippen molar-refractivity contribution in [3.63, 3.8) is 0 Å². The van der Waals surface area contributed by atoms with E-state index in [1.807, 2.05) is 0 Å². The van der Waals surface area contributed by atoms with Crippen molar-refractivity contribution in [3.8, 4) is 5.75 Å². The highest BCUT2D eigenvalue weighted by atomic mass is 79.9. The number of halogens is 7. The van der Waals surface area contributed by atoms with Gasteiger partial charge in [0.2, 0.25) is 0 Å². The van der Waals surface area contributed by atoms with Gasteiger partial charge in [-0.15, -0.1) is 13.2 Å². The van der Waals surface area contributed by atoms with Gasteiger partial charge in [0.15, 0.2) is 0 Å². The van der Waals surface area contributed by atoms with Gasteiger partial charge in [-0.05, 0) is 28.1 Å². The molecule has 0 aliphatic carbocycles. The Balaban J connectivity index is 3.30. The second-order valence-electron chi connectivity index (χ2n) is 2.99.